The highest BCUT2D eigenvalue weighted by molar-refractivity contribution is 8.00. The Morgan fingerprint density at radius 3 is 2.36 bits per heavy atom. The van der Waals surface area contributed by atoms with Crippen molar-refractivity contribution in [3.8, 4) is 0 Å². The van der Waals surface area contributed by atoms with Crippen LogP contribution in [0.4, 0.5) is 17.1 Å². The van der Waals surface area contributed by atoms with Gasteiger partial charge in [-0.15, -0.1) is 11.8 Å². The van der Waals surface area contributed by atoms with Gasteiger partial charge in [0, 0.05) is 46.4 Å². The number of carbonyl (C=O) groups excluding carboxylic acids is 3. The number of benzene rings is 3. The van der Waals surface area contributed by atoms with Gasteiger partial charge in [0.1, 0.15) is 5.70 Å². The Kier molecular flexibility index (Phi) is 10.2. The smallest absolute Gasteiger partial charge is 0.272 e. The number of thioether (sulfide) groups is 1. The normalized spacial score (nSPS) is 11.7. The maximum atomic E-state index is 13.3. The van der Waals surface area contributed by atoms with Crippen LogP contribution < -0.4 is 16.0 Å². The molecule has 0 aliphatic heterocycles. The molecule has 1 aromatic heterocycles. The zero-order valence-corrected chi connectivity index (χ0v) is 23.3. The predicted molar refractivity (Wildman–Crippen MR) is 163 cm³/mol. The molecule has 0 saturated heterocycles. The number of aromatic nitrogens is 1. The number of nitro groups is 1. The molecule has 0 aliphatic rings. The summed E-state index contributed by atoms with van der Waals surface area (Å²) < 4.78 is 0. The molecule has 1 heterocycles. The molecule has 3 amide bonds. The molecular formula is C31H27N5O5S. The van der Waals surface area contributed by atoms with Gasteiger partial charge in [-0.1, -0.05) is 37.3 Å². The van der Waals surface area contributed by atoms with Crippen LogP contribution in [0.5, 0.6) is 0 Å². The third-order valence-electron chi connectivity index (χ3n) is 5.90. The molecule has 212 valence electrons. The fourth-order valence-corrected chi connectivity index (χ4v) is 4.81. The lowest BCUT2D eigenvalue weighted by molar-refractivity contribution is -0.384. The van der Waals surface area contributed by atoms with Crippen LogP contribution in [0.2, 0.25) is 0 Å². The molecule has 42 heavy (non-hydrogen) atoms. The van der Waals surface area contributed by atoms with E-state index in [-0.39, 0.29) is 17.3 Å². The second-order valence-electron chi connectivity index (χ2n) is 8.95. The van der Waals surface area contributed by atoms with Crippen LogP contribution in [-0.4, -0.2) is 32.9 Å². The van der Waals surface area contributed by atoms with E-state index in [2.05, 4.69) is 20.9 Å². The molecule has 0 saturated carbocycles. The quantitative estimate of drug-likeness (QED) is 0.0865. The van der Waals surface area contributed by atoms with Gasteiger partial charge < -0.3 is 16.0 Å². The average molecular weight is 582 g/mol. The molecular weight excluding hydrogens is 554 g/mol. The number of hydrogen-bond acceptors (Lipinski definition) is 7. The number of carbonyl (C=O) groups is 3. The maximum absolute atomic E-state index is 13.3. The molecule has 0 bridgehead atoms. The van der Waals surface area contributed by atoms with Gasteiger partial charge in [-0.2, -0.15) is 0 Å². The first-order valence-corrected chi connectivity index (χ1v) is 13.8. The minimum Gasteiger partial charge on any atom is -0.325 e. The molecule has 0 fully saturated rings. The molecule has 3 aromatic carbocycles. The van der Waals surface area contributed by atoms with Crippen molar-refractivity contribution in [2.75, 3.05) is 10.6 Å². The number of nitro benzene ring substituents is 1. The molecule has 11 heteroatoms. The Hall–Kier alpha value is -5.29. The number of amides is 3. The van der Waals surface area contributed by atoms with E-state index in [9.17, 15) is 24.5 Å². The lowest BCUT2D eigenvalue weighted by Gasteiger charge is -2.16. The van der Waals surface area contributed by atoms with Crippen LogP contribution >= 0.6 is 11.8 Å². The van der Waals surface area contributed by atoms with E-state index in [1.807, 2.05) is 13.0 Å². The van der Waals surface area contributed by atoms with Gasteiger partial charge in [0.15, 0.2) is 0 Å². The topological polar surface area (TPSA) is 143 Å². The highest BCUT2D eigenvalue weighted by atomic mass is 32.2. The number of anilines is 2. The number of pyridine rings is 1. The van der Waals surface area contributed by atoms with Gasteiger partial charge in [0.2, 0.25) is 5.91 Å². The fourth-order valence-electron chi connectivity index (χ4n) is 3.79. The molecule has 0 radical (unpaired) electrons. The van der Waals surface area contributed by atoms with Gasteiger partial charge in [-0.05, 0) is 66.6 Å². The van der Waals surface area contributed by atoms with Crippen molar-refractivity contribution < 1.29 is 19.3 Å². The SMILES string of the molecule is CCC(Sc1cccc(NC(=O)/C(=C/c2cccnc2)NC(=O)c2ccccc2)c1)C(=O)Nc1ccc([N+](=O)[O-])cc1. The van der Waals surface area contributed by atoms with Crippen LogP contribution in [0.1, 0.15) is 29.3 Å². The molecule has 10 nitrogen and oxygen atoms in total. The van der Waals surface area contributed by atoms with E-state index in [1.165, 1.54) is 42.1 Å². The number of rotatable bonds is 11. The van der Waals surface area contributed by atoms with Gasteiger partial charge >= 0.3 is 0 Å². The number of nitrogens with one attached hydrogen (secondary N) is 3. The van der Waals surface area contributed by atoms with E-state index in [0.717, 1.165) is 4.90 Å². The summed E-state index contributed by atoms with van der Waals surface area (Å²) in [5.74, 6) is -1.22. The van der Waals surface area contributed by atoms with Crippen molar-refractivity contribution >= 4 is 52.6 Å². The summed E-state index contributed by atoms with van der Waals surface area (Å²) in [6.45, 7) is 1.88. The van der Waals surface area contributed by atoms with Crippen molar-refractivity contribution in [3.05, 3.63) is 130 Å². The van der Waals surface area contributed by atoms with Crippen molar-refractivity contribution in [2.24, 2.45) is 0 Å². The summed E-state index contributed by atoms with van der Waals surface area (Å²) >= 11 is 1.32. The van der Waals surface area contributed by atoms with Crippen molar-refractivity contribution in [1.29, 1.82) is 0 Å². The minimum atomic E-state index is -0.534. The monoisotopic (exact) mass is 581 g/mol. The van der Waals surface area contributed by atoms with E-state index in [4.69, 9.17) is 0 Å². The van der Waals surface area contributed by atoms with E-state index >= 15 is 0 Å². The van der Waals surface area contributed by atoms with E-state index in [1.54, 1.807) is 73.1 Å². The van der Waals surface area contributed by atoms with Crippen LogP contribution in [0, 0.1) is 10.1 Å². The van der Waals surface area contributed by atoms with Gasteiger partial charge in [-0.25, -0.2) is 0 Å². The Morgan fingerprint density at radius 1 is 0.929 bits per heavy atom. The first kappa shape index (κ1) is 29.7. The Morgan fingerprint density at radius 2 is 1.69 bits per heavy atom. The number of nitrogens with zero attached hydrogens (tertiary/aromatic N) is 2. The van der Waals surface area contributed by atoms with E-state index < -0.39 is 22.0 Å². The Labute approximate surface area is 246 Å². The minimum absolute atomic E-state index is 0.0313. The first-order chi connectivity index (χ1) is 20.3. The van der Waals surface area contributed by atoms with Gasteiger partial charge in [0.05, 0.1) is 10.2 Å². The number of non-ortho nitro benzene ring substituents is 1. The van der Waals surface area contributed by atoms with Crippen LogP contribution in [-0.2, 0) is 9.59 Å². The second kappa shape index (κ2) is 14.4. The van der Waals surface area contributed by atoms with Crippen LogP contribution in [0.15, 0.2) is 114 Å². The molecule has 1 unspecified atom stereocenters. The second-order valence-corrected chi connectivity index (χ2v) is 10.2. The fraction of sp³-hybridized carbons (Fsp3) is 0.0968. The number of hydrogen-bond donors (Lipinski definition) is 3. The summed E-state index contributed by atoms with van der Waals surface area (Å²) in [5, 5.41) is 18.7. The maximum Gasteiger partial charge on any atom is 0.272 e. The van der Waals surface area contributed by atoms with Crippen LogP contribution in [0.3, 0.4) is 0 Å². The summed E-state index contributed by atoms with van der Waals surface area (Å²) in [6, 6.07) is 24.7. The third-order valence-corrected chi connectivity index (χ3v) is 7.26. The molecule has 0 spiro atoms. The van der Waals surface area contributed by atoms with Gasteiger partial charge in [0.25, 0.3) is 17.5 Å². The molecule has 0 aliphatic carbocycles. The summed E-state index contributed by atoms with van der Waals surface area (Å²) in [4.78, 5) is 54.3. The first-order valence-electron chi connectivity index (χ1n) is 12.9. The average Bonchev–Trinajstić information content (AvgIpc) is 3.00. The standard InChI is InChI=1S/C31H27N5O5S/c1-2-28(31(39)33-23-13-15-25(16-14-23)36(40)41)42-26-12-6-11-24(19-26)34-30(38)27(18-21-8-7-17-32-20-21)35-29(37)22-9-4-3-5-10-22/h3-20,28H,2H2,1H3,(H,33,39)(H,34,38)(H,35,37)/b27-18-. The molecule has 3 N–H and O–H groups in total. The lowest BCUT2D eigenvalue weighted by Crippen LogP contribution is -2.30. The Bertz CT molecular complexity index is 1600. The zero-order chi connectivity index (χ0) is 29.9. The van der Waals surface area contributed by atoms with Crippen molar-refractivity contribution in [1.82, 2.24) is 10.3 Å². The predicted octanol–water partition coefficient (Wildman–Crippen LogP) is 5.91. The molecule has 4 aromatic rings. The summed E-state index contributed by atoms with van der Waals surface area (Å²) in [6.07, 6.45) is 5.24. The largest absolute Gasteiger partial charge is 0.325 e. The lowest BCUT2D eigenvalue weighted by atomic mass is 10.2. The Balaban J connectivity index is 1.46. The zero-order valence-electron chi connectivity index (χ0n) is 22.5. The highest BCUT2D eigenvalue weighted by Gasteiger charge is 2.20. The third kappa shape index (κ3) is 8.35. The van der Waals surface area contributed by atoms with Crippen molar-refractivity contribution in [3.63, 3.8) is 0 Å². The van der Waals surface area contributed by atoms with Crippen LogP contribution in [0.25, 0.3) is 6.08 Å². The molecule has 4 rings (SSSR count). The van der Waals surface area contributed by atoms with Crippen molar-refractivity contribution in [2.45, 2.75) is 23.5 Å². The van der Waals surface area contributed by atoms with E-state index in [0.29, 0.717) is 28.9 Å². The highest BCUT2D eigenvalue weighted by Crippen LogP contribution is 2.29. The molecule has 1 atom stereocenters. The summed E-state index contributed by atoms with van der Waals surface area (Å²) in [5.41, 5.74) is 1.93. The summed E-state index contributed by atoms with van der Waals surface area (Å²) in [7, 11) is 0. The van der Waals surface area contributed by atoms with Gasteiger partial charge in [-0.3, -0.25) is 29.5 Å².